The second kappa shape index (κ2) is 7.42. The monoisotopic (exact) mass is 372 g/mol. The van der Waals surface area contributed by atoms with E-state index in [2.05, 4.69) is 10.4 Å². The number of carbonyl (C=O) groups excluding carboxylic acids is 1. The number of halogens is 3. The van der Waals surface area contributed by atoms with Crippen LogP contribution >= 0.6 is 0 Å². The Bertz CT molecular complexity index is 833. The summed E-state index contributed by atoms with van der Waals surface area (Å²) in [7, 11) is 0. The van der Waals surface area contributed by atoms with Gasteiger partial charge in [0.25, 0.3) is 5.69 Å². The van der Waals surface area contributed by atoms with E-state index in [0.717, 1.165) is 16.8 Å². The minimum absolute atomic E-state index is 0.242. The first-order valence-electron chi connectivity index (χ1n) is 7.51. The van der Waals surface area contributed by atoms with Gasteiger partial charge >= 0.3 is 12.2 Å². The molecule has 0 aliphatic rings. The number of amides is 1. The molecule has 1 aromatic heterocycles. The smallest absolute Gasteiger partial charge is 0.420 e. The summed E-state index contributed by atoms with van der Waals surface area (Å²) in [6, 6.07) is 2.86. The lowest BCUT2D eigenvalue weighted by molar-refractivity contribution is -0.385. The maximum atomic E-state index is 13.2. The number of aromatic nitrogens is 2. The summed E-state index contributed by atoms with van der Waals surface area (Å²) in [4.78, 5) is 21.7. The predicted octanol–water partition coefficient (Wildman–Crippen LogP) is 3.88. The van der Waals surface area contributed by atoms with Gasteiger partial charge in [-0.3, -0.25) is 10.1 Å². The first-order valence-corrected chi connectivity index (χ1v) is 7.51. The molecule has 1 amide bonds. The van der Waals surface area contributed by atoms with Gasteiger partial charge in [0.2, 0.25) is 5.88 Å². The van der Waals surface area contributed by atoms with Gasteiger partial charge in [0.15, 0.2) is 0 Å². The number of ether oxygens (including phenoxy) is 1. The number of aryl methyl sites for hydroxylation is 1. The highest BCUT2D eigenvalue weighted by molar-refractivity contribution is 5.76. The van der Waals surface area contributed by atoms with Crippen molar-refractivity contribution >= 4 is 11.7 Å². The van der Waals surface area contributed by atoms with Crippen LogP contribution in [0, 0.1) is 17.0 Å². The van der Waals surface area contributed by atoms with Gasteiger partial charge in [-0.2, -0.15) is 17.9 Å². The van der Waals surface area contributed by atoms with Crippen LogP contribution in [0.2, 0.25) is 0 Å². The SMILES string of the molecule is CCCNC(=O)n1nc(Oc2ccc([N+](=O)[O-])cc2C(F)(F)F)cc1C. The maximum Gasteiger partial charge on any atom is 0.420 e. The Morgan fingerprint density at radius 3 is 2.65 bits per heavy atom. The fourth-order valence-electron chi connectivity index (χ4n) is 2.06. The lowest BCUT2D eigenvalue weighted by atomic mass is 10.1. The molecule has 1 N–H and O–H groups in total. The van der Waals surface area contributed by atoms with Crippen LogP contribution in [0.3, 0.4) is 0 Å². The van der Waals surface area contributed by atoms with E-state index in [1.807, 2.05) is 6.92 Å². The number of nitro groups is 1. The van der Waals surface area contributed by atoms with Crippen LogP contribution in [-0.2, 0) is 6.18 Å². The molecule has 0 aliphatic carbocycles. The summed E-state index contributed by atoms with van der Waals surface area (Å²) in [6.45, 7) is 3.80. The number of non-ortho nitro benzene ring substituents is 1. The number of nitrogens with one attached hydrogen (secondary N) is 1. The van der Waals surface area contributed by atoms with Gasteiger partial charge in [-0.25, -0.2) is 4.79 Å². The molecule has 140 valence electrons. The lowest BCUT2D eigenvalue weighted by Gasteiger charge is -2.12. The molecule has 0 unspecified atom stereocenters. The van der Waals surface area contributed by atoms with E-state index >= 15 is 0 Å². The highest BCUT2D eigenvalue weighted by Crippen LogP contribution is 2.39. The van der Waals surface area contributed by atoms with Gasteiger partial charge in [-0.1, -0.05) is 6.92 Å². The van der Waals surface area contributed by atoms with Gasteiger partial charge in [0.1, 0.15) is 11.3 Å². The average Bonchev–Trinajstić information content (AvgIpc) is 2.92. The molecule has 2 aromatic rings. The highest BCUT2D eigenvalue weighted by Gasteiger charge is 2.36. The summed E-state index contributed by atoms with van der Waals surface area (Å²) < 4.78 is 45.6. The van der Waals surface area contributed by atoms with Crippen LogP contribution in [0.1, 0.15) is 24.6 Å². The topological polar surface area (TPSA) is 99.3 Å². The molecule has 0 atom stereocenters. The summed E-state index contributed by atoms with van der Waals surface area (Å²) in [5.74, 6) is -0.893. The molecule has 0 spiro atoms. The Morgan fingerprint density at radius 2 is 2.08 bits per heavy atom. The minimum atomic E-state index is -4.86. The Labute approximate surface area is 145 Å². The molecular formula is C15H15F3N4O4. The fraction of sp³-hybridized carbons (Fsp3) is 0.333. The van der Waals surface area contributed by atoms with Gasteiger partial charge in [0, 0.05) is 24.7 Å². The number of alkyl halides is 3. The molecule has 0 fully saturated rings. The van der Waals surface area contributed by atoms with Crippen LogP contribution < -0.4 is 10.1 Å². The maximum absolute atomic E-state index is 13.2. The number of rotatable bonds is 5. The molecule has 0 aliphatic heterocycles. The molecule has 2 rings (SSSR count). The molecule has 0 radical (unpaired) electrons. The third-order valence-electron chi connectivity index (χ3n) is 3.28. The number of hydrogen-bond acceptors (Lipinski definition) is 5. The molecule has 0 bridgehead atoms. The number of hydrogen-bond donors (Lipinski definition) is 1. The van der Waals surface area contributed by atoms with Crippen molar-refractivity contribution in [3.05, 3.63) is 45.6 Å². The van der Waals surface area contributed by atoms with E-state index < -0.39 is 34.1 Å². The molecule has 11 heteroatoms. The first-order chi connectivity index (χ1) is 12.1. The van der Waals surface area contributed by atoms with Crippen molar-refractivity contribution in [1.82, 2.24) is 15.1 Å². The Morgan fingerprint density at radius 1 is 1.38 bits per heavy atom. The zero-order valence-corrected chi connectivity index (χ0v) is 13.8. The fourth-order valence-corrected chi connectivity index (χ4v) is 2.06. The van der Waals surface area contributed by atoms with Crippen LogP contribution in [0.25, 0.3) is 0 Å². The van der Waals surface area contributed by atoms with Crippen LogP contribution in [0.5, 0.6) is 11.6 Å². The van der Waals surface area contributed by atoms with Crippen LogP contribution in [0.15, 0.2) is 24.3 Å². The van der Waals surface area contributed by atoms with E-state index in [1.54, 1.807) is 0 Å². The van der Waals surface area contributed by atoms with Gasteiger partial charge < -0.3 is 10.1 Å². The Kier molecular flexibility index (Phi) is 5.48. The minimum Gasteiger partial charge on any atom is -0.437 e. The summed E-state index contributed by atoms with van der Waals surface area (Å²) >= 11 is 0. The van der Waals surface area contributed by atoms with Crippen molar-refractivity contribution in [1.29, 1.82) is 0 Å². The van der Waals surface area contributed by atoms with Crippen LogP contribution in [0.4, 0.5) is 23.7 Å². The summed E-state index contributed by atoms with van der Waals surface area (Å²) in [5.41, 5.74) is -1.68. The van der Waals surface area contributed by atoms with E-state index in [-0.39, 0.29) is 5.88 Å². The largest absolute Gasteiger partial charge is 0.437 e. The molecular weight excluding hydrogens is 357 g/mol. The Balaban J connectivity index is 2.34. The number of benzene rings is 1. The van der Waals surface area contributed by atoms with E-state index in [9.17, 15) is 28.1 Å². The zero-order valence-electron chi connectivity index (χ0n) is 13.8. The van der Waals surface area contributed by atoms with Gasteiger partial charge in [0.05, 0.1) is 10.6 Å². The van der Waals surface area contributed by atoms with E-state index in [1.165, 1.54) is 13.0 Å². The number of carbonyl (C=O) groups is 1. The van der Waals surface area contributed by atoms with Crippen molar-refractivity contribution in [2.75, 3.05) is 6.54 Å². The Hall–Kier alpha value is -3.11. The van der Waals surface area contributed by atoms with Crippen LogP contribution in [-0.4, -0.2) is 27.3 Å². The molecule has 0 saturated carbocycles. The highest BCUT2D eigenvalue weighted by atomic mass is 19.4. The molecule has 26 heavy (non-hydrogen) atoms. The van der Waals surface area contributed by atoms with Crippen molar-refractivity contribution in [2.45, 2.75) is 26.4 Å². The molecule has 8 nitrogen and oxygen atoms in total. The lowest BCUT2D eigenvalue weighted by Crippen LogP contribution is -2.30. The molecule has 1 aromatic carbocycles. The first kappa shape index (κ1) is 19.2. The molecule has 0 saturated heterocycles. The zero-order chi connectivity index (χ0) is 19.5. The predicted molar refractivity (Wildman–Crippen MR) is 84.2 cm³/mol. The normalized spacial score (nSPS) is 11.3. The van der Waals surface area contributed by atoms with Crippen molar-refractivity contribution < 1.29 is 27.6 Å². The van der Waals surface area contributed by atoms with Crippen molar-refractivity contribution in [3.8, 4) is 11.6 Å². The quantitative estimate of drug-likeness (QED) is 0.634. The third kappa shape index (κ3) is 4.29. The standard InChI is InChI=1S/C15H15F3N4O4/c1-3-6-19-14(23)21-9(2)7-13(20-21)26-12-5-4-10(22(24)25)8-11(12)15(16,17)18/h4-5,7-8H,3,6H2,1-2H3,(H,19,23). The van der Waals surface area contributed by atoms with E-state index in [4.69, 9.17) is 4.74 Å². The van der Waals surface area contributed by atoms with Crippen molar-refractivity contribution in [3.63, 3.8) is 0 Å². The van der Waals surface area contributed by atoms with E-state index in [0.29, 0.717) is 24.7 Å². The second-order valence-corrected chi connectivity index (χ2v) is 5.31. The average molecular weight is 372 g/mol. The van der Waals surface area contributed by atoms with Gasteiger partial charge in [-0.05, 0) is 19.4 Å². The van der Waals surface area contributed by atoms with Crippen molar-refractivity contribution in [2.24, 2.45) is 0 Å². The molecule has 1 heterocycles. The second-order valence-electron chi connectivity index (χ2n) is 5.31. The summed E-state index contributed by atoms with van der Waals surface area (Å²) in [5, 5.41) is 17.1. The number of nitrogens with zero attached hydrogens (tertiary/aromatic N) is 3. The third-order valence-corrected chi connectivity index (χ3v) is 3.28. The summed E-state index contributed by atoms with van der Waals surface area (Å²) in [6.07, 6.45) is -4.16. The number of nitro benzene ring substituents is 1. The van der Waals surface area contributed by atoms with Gasteiger partial charge in [-0.15, -0.1) is 5.10 Å².